The van der Waals surface area contributed by atoms with E-state index in [9.17, 15) is 0 Å². The van der Waals surface area contributed by atoms with E-state index in [0.29, 0.717) is 6.04 Å². The van der Waals surface area contributed by atoms with Crippen LogP contribution in [0.4, 0.5) is 0 Å². The SMILES string of the molecule is Cc1ccc2c(c1)C(NC1CC1)CCO2. The zero-order valence-electron chi connectivity index (χ0n) is 9.12. The summed E-state index contributed by atoms with van der Waals surface area (Å²) in [6.45, 7) is 2.99. The summed E-state index contributed by atoms with van der Waals surface area (Å²) in [4.78, 5) is 0. The molecular formula is C13H17NO. The van der Waals surface area contributed by atoms with Crippen LogP contribution in [0.3, 0.4) is 0 Å². The van der Waals surface area contributed by atoms with Crippen molar-refractivity contribution in [3.63, 3.8) is 0 Å². The van der Waals surface area contributed by atoms with Crippen LogP contribution < -0.4 is 10.1 Å². The fourth-order valence-electron chi connectivity index (χ4n) is 2.22. The van der Waals surface area contributed by atoms with Gasteiger partial charge in [0.15, 0.2) is 0 Å². The molecule has 1 aliphatic carbocycles. The van der Waals surface area contributed by atoms with E-state index in [1.54, 1.807) is 0 Å². The van der Waals surface area contributed by atoms with Crippen molar-refractivity contribution in [3.05, 3.63) is 29.3 Å². The molecule has 1 N–H and O–H groups in total. The number of aryl methyl sites for hydroxylation is 1. The van der Waals surface area contributed by atoms with Crippen molar-refractivity contribution in [2.75, 3.05) is 6.61 Å². The fourth-order valence-corrected chi connectivity index (χ4v) is 2.22. The first-order chi connectivity index (χ1) is 7.33. The number of benzene rings is 1. The maximum absolute atomic E-state index is 5.67. The first-order valence-electron chi connectivity index (χ1n) is 5.82. The van der Waals surface area contributed by atoms with Crippen LogP contribution >= 0.6 is 0 Å². The number of hydrogen-bond donors (Lipinski definition) is 1. The summed E-state index contributed by atoms with van der Waals surface area (Å²) in [5, 5.41) is 3.70. The molecule has 0 aromatic heterocycles. The second-order valence-electron chi connectivity index (χ2n) is 4.67. The van der Waals surface area contributed by atoms with Gasteiger partial charge in [-0.25, -0.2) is 0 Å². The van der Waals surface area contributed by atoms with Crippen molar-refractivity contribution >= 4 is 0 Å². The molecule has 0 bridgehead atoms. The molecule has 1 atom stereocenters. The molecular weight excluding hydrogens is 186 g/mol. The van der Waals surface area contributed by atoms with Crippen LogP contribution in [0.2, 0.25) is 0 Å². The van der Waals surface area contributed by atoms with E-state index in [4.69, 9.17) is 4.74 Å². The van der Waals surface area contributed by atoms with Gasteiger partial charge in [-0.3, -0.25) is 0 Å². The Labute approximate surface area is 90.6 Å². The molecule has 0 amide bonds. The molecule has 1 heterocycles. The highest BCUT2D eigenvalue weighted by Crippen LogP contribution is 2.35. The van der Waals surface area contributed by atoms with Crippen molar-refractivity contribution in [3.8, 4) is 5.75 Å². The van der Waals surface area contributed by atoms with Crippen LogP contribution in [-0.4, -0.2) is 12.6 Å². The lowest BCUT2D eigenvalue weighted by Gasteiger charge is -2.27. The Morgan fingerprint density at radius 1 is 1.27 bits per heavy atom. The average Bonchev–Trinajstić information content (AvgIpc) is 3.03. The number of hydrogen-bond acceptors (Lipinski definition) is 2. The molecule has 1 fully saturated rings. The van der Waals surface area contributed by atoms with Crippen LogP contribution in [0.25, 0.3) is 0 Å². The van der Waals surface area contributed by atoms with Crippen LogP contribution in [0.1, 0.15) is 36.4 Å². The molecule has 2 aliphatic rings. The first-order valence-corrected chi connectivity index (χ1v) is 5.82. The lowest BCUT2D eigenvalue weighted by molar-refractivity contribution is 0.252. The van der Waals surface area contributed by atoms with Gasteiger partial charge >= 0.3 is 0 Å². The molecule has 1 aromatic carbocycles. The lowest BCUT2D eigenvalue weighted by atomic mass is 9.98. The molecule has 1 aromatic rings. The van der Waals surface area contributed by atoms with Gasteiger partial charge in [-0.1, -0.05) is 17.7 Å². The van der Waals surface area contributed by atoms with Gasteiger partial charge in [0.2, 0.25) is 0 Å². The number of fused-ring (bicyclic) bond motifs is 1. The Morgan fingerprint density at radius 2 is 2.13 bits per heavy atom. The smallest absolute Gasteiger partial charge is 0.124 e. The highest BCUT2D eigenvalue weighted by atomic mass is 16.5. The molecule has 1 unspecified atom stereocenters. The highest BCUT2D eigenvalue weighted by molar-refractivity contribution is 5.40. The Morgan fingerprint density at radius 3 is 2.93 bits per heavy atom. The Kier molecular flexibility index (Phi) is 2.17. The quantitative estimate of drug-likeness (QED) is 0.797. The zero-order chi connectivity index (χ0) is 10.3. The average molecular weight is 203 g/mol. The Hall–Kier alpha value is -1.02. The zero-order valence-corrected chi connectivity index (χ0v) is 9.12. The molecule has 3 rings (SSSR count). The van der Waals surface area contributed by atoms with Crippen molar-refractivity contribution in [1.29, 1.82) is 0 Å². The molecule has 0 saturated heterocycles. The van der Waals surface area contributed by atoms with Crippen molar-refractivity contribution in [1.82, 2.24) is 5.32 Å². The van der Waals surface area contributed by atoms with Gasteiger partial charge in [-0.05, 0) is 25.8 Å². The van der Waals surface area contributed by atoms with Crippen LogP contribution in [0.15, 0.2) is 18.2 Å². The van der Waals surface area contributed by atoms with Crippen LogP contribution in [0, 0.1) is 6.92 Å². The summed E-state index contributed by atoms with van der Waals surface area (Å²) in [6.07, 6.45) is 3.80. The van der Waals surface area contributed by atoms with Gasteiger partial charge in [0.1, 0.15) is 5.75 Å². The van der Waals surface area contributed by atoms with Crippen molar-refractivity contribution < 1.29 is 4.74 Å². The molecule has 2 heteroatoms. The summed E-state index contributed by atoms with van der Waals surface area (Å²) >= 11 is 0. The Balaban J connectivity index is 1.89. The first kappa shape index (κ1) is 9.22. The monoisotopic (exact) mass is 203 g/mol. The van der Waals surface area contributed by atoms with E-state index in [-0.39, 0.29) is 0 Å². The second kappa shape index (κ2) is 3.53. The lowest BCUT2D eigenvalue weighted by Crippen LogP contribution is -2.28. The largest absolute Gasteiger partial charge is 0.493 e. The number of rotatable bonds is 2. The summed E-state index contributed by atoms with van der Waals surface area (Å²) in [5.41, 5.74) is 2.68. The molecule has 0 spiro atoms. The standard InChI is InChI=1S/C13H17NO/c1-9-2-5-13-11(8-9)12(6-7-15-13)14-10-3-4-10/h2,5,8,10,12,14H,3-4,6-7H2,1H3. The maximum Gasteiger partial charge on any atom is 0.124 e. The fraction of sp³-hybridized carbons (Fsp3) is 0.538. The van der Waals surface area contributed by atoms with Crippen LogP contribution in [-0.2, 0) is 0 Å². The number of ether oxygens (including phenoxy) is 1. The van der Waals surface area contributed by atoms with Gasteiger partial charge in [0.25, 0.3) is 0 Å². The second-order valence-corrected chi connectivity index (χ2v) is 4.67. The van der Waals surface area contributed by atoms with Gasteiger partial charge in [0.05, 0.1) is 6.61 Å². The van der Waals surface area contributed by atoms with Gasteiger partial charge < -0.3 is 10.1 Å². The van der Waals surface area contributed by atoms with Crippen molar-refractivity contribution in [2.45, 2.75) is 38.3 Å². The Bertz CT molecular complexity index is 371. The van der Waals surface area contributed by atoms with E-state index in [0.717, 1.165) is 24.8 Å². The van der Waals surface area contributed by atoms with E-state index in [2.05, 4.69) is 30.4 Å². The van der Waals surface area contributed by atoms with Gasteiger partial charge in [-0.15, -0.1) is 0 Å². The molecule has 1 aliphatic heterocycles. The van der Waals surface area contributed by atoms with E-state index < -0.39 is 0 Å². The van der Waals surface area contributed by atoms with E-state index >= 15 is 0 Å². The summed E-state index contributed by atoms with van der Waals surface area (Å²) in [7, 11) is 0. The molecule has 1 saturated carbocycles. The van der Waals surface area contributed by atoms with E-state index in [1.807, 2.05) is 0 Å². The topological polar surface area (TPSA) is 21.3 Å². The number of nitrogens with one attached hydrogen (secondary N) is 1. The molecule has 2 nitrogen and oxygen atoms in total. The third kappa shape index (κ3) is 1.86. The minimum Gasteiger partial charge on any atom is -0.493 e. The minimum absolute atomic E-state index is 0.515. The molecule has 80 valence electrons. The summed E-state index contributed by atoms with van der Waals surface area (Å²) < 4.78 is 5.67. The van der Waals surface area contributed by atoms with Gasteiger partial charge in [0, 0.05) is 24.1 Å². The van der Waals surface area contributed by atoms with Gasteiger partial charge in [-0.2, -0.15) is 0 Å². The predicted octanol–water partition coefficient (Wildman–Crippen LogP) is 2.57. The highest BCUT2D eigenvalue weighted by Gasteiger charge is 2.28. The van der Waals surface area contributed by atoms with Crippen molar-refractivity contribution in [2.24, 2.45) is 0 Å². The molecule has 0 radical (unpaired) electrons. The summed E-state index contributed by atoms with van der Waals surface area (Å²) in [6, 6.07) is 7.76. The van der Waals surface area contributed by atoms with E-state index in [1.165, 1.54) is 24.0 Å². The predicted molar refractivity (Wildman–Crippen MR) is 60.2 cm³/mol. The normalized spacial score (nSPS) is 24.5. The molecule has 15 heavy (non-hydrogen) atoms. The third-order valence-electron chi connectivity index (χ3n) is 3.22. The van der Waals surface area contributed by atoms with Crippen LogP contribution in [0.5, 0.6) is 5.75 Å². The maximum atomic E-state index is 5.67. The third-order valence-corrected chi connectivity index (χ3v) is 3.22. The minimum atomic E-state index is 0.515. The summed E-state index contributed by atoms with van der Waals surface area (Å²) in [5.74, 6) is 1.07.